The van der Waals surface area contributed by atoms with E-state index in [0.29, 0.717) is 79.4 Å². The minimum absolute atomic E-state index is 0.0412. The summed E-state index contributed by atoms with van der Waals surface area (Å²) in [4.78, 5) is 56.4. The SMILES string of the molecule is CC(C)=CCCC1(C)C=Cc2c(O)c3c(c(CC=C(C)C)c2O1)OC12C(=CC4CC1C(C)(C)OC2(C/C=C(/C)C(=O)N1CCN(c2ncccn2)CC1)C4=O)C3=O. The molecule has 0 radical (unpaired) electrons. The van der Waals surface area contributed by atoms with Crippen molar-refractivity contribution >= 4 is 29.5 Å². The molecule has 1 aromatic heterocycles. The van der Waals surface area contributed by atoms with Crippen LogP contribution in [-0.4, -0.2) is 86.0 Å². The quantitative estimate of drug-likeness (QED) is 0.205. The summed E-state index contributed by atoms with van der Waals surface area (Å²) >= 11 is 0. The average molecular weight is 775 g/mol. The maximum atomic E-state index is 15.1. The number of ether oxygens (including phenoxy) is 3. The first-order chi connectivity index (χ1) is 27.0. The fourth-order valence-electron chi connectivity index (χ4n) is 9.99. The molecule has 5 heterocycles. The van der Waals surface area contributed by atoms with Crippen LogP contribution in [0.5, 0.6) is 17.2 Å². The zero-order valence-electron chi connectivity index (χ0n) is 34.4. The molecule has 9 rings (SSSR count). The topological polar surface area (TPSA) is 131 Å². The van der Waals surface area contributed by atoms with Crippen LogP contribution in [0.4, 0.5) is 5.95 Å². The molecule has 2 aromatic rings. The van der Waals surface area contributed by atoms with Gasteiger partial charge in [0.05, 0.1) is 11.2 Å². The Hall–Kier alpha value is -5.03. The van der Waals surface area contributed by atoms with Crippen molar-refractivity contribution < 1.29 is 33.7 Å². The Kier molecular flexibility index (Phi) is 9.41. The van der Waals surface area contributed by atoms with Gasteiger partial charge in [0.1, 0.15) is 28.4 Å². The summed E-state index contributed by atoms with van der Waals surface area (Å²) in [5.74, 6) is -0.449. The molecule has 3 fully saturated rings. The van der Waals surface area contributed by atoms with Crippen LogP contribution in [0.3, 0.4) is 0 Å². The number of piperazine rings is 1. The smallest absolute Gasteiger partial charge is 0.249 e. The lowest BCUT2D eigenvalue weighted by Gasteiger charge is -2.56. The first kappa shape index (κ1) is 38.8. The zero-order chi connectivity index (χ0) is 40.7. The fourth-order valence-corrected chi connectivity index (χ4v) is 9.99. The standard InChI is InChI=1S/C46H54N4O7/c1-27(2)11-9-16-44(8)17-15-31-36(51)35-37(52)33-25-30-26-34-43(6,7)57-45(40(30)53,46(33,34)56-39(35)32(38(31)55-44)13-12-28(3)4)18-14-29(5)41(54)49-21-23-50(24-22-49)42-47-19-10-20-48-42/h10-12,14-15,17,19-20,25,30,34,51H,9,13,16,18,21-24,26H2,1-8H3/b29-14-. The normalized spacial score (nSPS) is 29.1. The van der Waals surface area contributed by atoms with Crippen LogP contribution >= 0.6 is 0 Å². The van der Waals surface area contributed by atoms with E-state index in [1.165, 1.54) is 5.57 Å². The molecular formula is C46H54N4O7. The molecule has 5 atom stereocenters. The van der Waals surface area contributed by atoms with E-state index in [0.717, 1.165) is 12.0 Å². The molecule has 11 heteroatoms. The Labute approximate surface area is 335 Å². The van der Waals surface area contributed by atoms with Crippen LogP contribution in [0, 0.1) is 11.8 Å². The largest absolute Gasteiger partial charge is 0.506 e. The van der Waals surface area contributed by atoms with Crippen molar-refractivity contribution in [2.45, 2.75) is 110 Å². The summed E-state index contributed by atoms with van der Waals surface area (Å²) in [6, 6.07) is 1.78. The number of rotatable bonds is 9. The van der Waals surface area contributed by atoms with E-state index < -0.39 is 28.3 Å². The molecule has 5 unspecified atom stereocenters. The summed E-state index contributed by atoms with van der Waals surface area (Å²) in [6.07, 6.45) is 17.4. The lowest BCUT2D eigenvalue weighted by molar-refractivity contribution is -0.171. The predicted molar refractivity (Wildman–Crippen MR) is 217 cm³/mol. The predicted octanol–water partition coefficient (Wildman–Crippen LogP) is 7.29. The molecule has 57 heavy (non-hydrogen) atoms. The Morgan fingerprint density at radius 3 is 2.33 bits per heavy atom. The number of aromatic nitrogens is 2. The first-order valence-electron chi connectivity index (χ1n) is 20.3. The zero-order valence-corrected chi connectivity index (χ0v) is 34.4. The highest BCUT2D eigenvalue weighted by Gasteiger charge is 2.81. The van der Waals surface area contributed by atoms with Gasteiger partial charge in [0.25, 0.3) is 0 Å². The van der Waals surface area contributed by atoms with Crippen LogP contribution in [0.2, 0.25) is 0 Å². The lowest BCUT2D eigenvalue weighted by atomic mass is 9.51. The van der Waals surface area contributed by atoms with Crippen molar-refractivity contribution in [3.8, 4) is 17.2 Å². The number of amides is 1. The number of benzene rings is 1. The van der Waals surface area contributed by atoms with Crippen molar-refractivity contribution in [3.63, 3.8) is 0 Å². The molecule has 1 N–H and O–H groups in total. The molecule has 1 saturated carbocycles. The number of allylic oxidation sites excluding steroid dienone is 5. The van der Waals surface area contributed by atoms with Crippen molar-refractivity contribution in [3.05, 3.63) is 87.8 Å². The molecule has 300 valence electrons. The number of hydrogen-bond acceptors (Lipinski definition) is 10. The Bertz CT molecular complexity index is 2200. The number of anilines is 1. The molecule has 1 amide bonds. The monoisotopic (exact) mass is 774 g/mol. The van der Waals surface area contributed by atoms with E-state index in [2.05, 4.69) is 40.9 Å². The van der Waals surface area contributed by atoms with Crippen LogP contribution in [0.1, 0.15) is 103 Å². The van der Waals surface area contributed by atoms with Gasteiger partial charge in [-0.15, -0.1) is 0 Å². The molecular weight excluding hydrogens is 721 g/mol. The minimum atomic E-state index is -1.59. The summed E-state index contributed by atoms with van der Waals surface area (Å²) in [5, 5.41) is 12.0. The van der Waals surface area contributed by atoms with E-state index in [4.69, 9.17) is 14.2 Å². The Morgan fingerprint density at radius 2 is 1.65 bits per heavy atom. The number of carbonyl (C=O) groups excluding carboxylic acids is 3. The van der Waals surface area contributed by atoms with E-state index in [-0.39, 0.29) is 46.9 Å². The Morgan fingerprint density at radius 1 is 0.947 bits per heavy atom. The highest BCUT2D eigenvalue weighted by molar-refractivity contribution is 6.19. The minimum Gasteiger partial charge on any atom is -0.506 e. The van der Waals surface area contributed by atoms with Crippen LogP contribution < -0.4 is 14.4 Å². The van der Waals surface area contributed by atoms with Crippen molar-refractivity contribution in [1.82, 2.24) is 14.9 Å². The van der Waals surface area contributed by atoms with Gasteiger partial charge in [-0.05, 0) is 99.3 Å². The second kappa shape index (κ2) is 13.8. The number of Topliss-reactive ketones (excluding diaryl/α,β-unsaturated/α-hetero) is 2. The molecule has 1 spiro atoms. The van der Waals surface area contributed by atoms with Gasteiger partial charge in [-0.25, -0.2) is 9.97 Å². The number of fused-ring (bicyclic) bond motifs is 2. The van der Waals surface area contributed by atoms with Crippen LogP contribution in [-0.2, 0) is 20.7 Å². The number of carbonyl (C=O) groups is 3. The van der Waals surface area contributed by atoms with Crippen LogP contribution in [0.15, 0.2) is 71.1 Å². The second-order valence-electron chi connectivity index (χ2n) is 17.8. The molecule has 7 aliphatic rings. The maximum Gasteiger partial charge on any atom is 0.249 e. The molecule has 4 aliphatic heterocycles. The van der Waals surface area contributed by atoms with Crippen LogP contribution in [0.25, 0.3) is 6.08 Å². The van der Waals surface area contributed by atoms with Gasteiger partial charge in [-0.3, -0.25) is 14.4 Å². The highest BCUT2D eigenvalue weighted by atomic mass is 16.6. The fraction of sp³-hybridized carbons (Fsp3) is 0.500. The summed E-state index contributed by atoms with van der Waals surface area (Å²) in [7, 11) is 0. The van der Waals surface area contributed by atoms with Crippen molar-refractivity contribution in [2.75, 3.05) is 31.1 Å². The number of phenols is 1. The van der Waals surface area contributed by atoms with E-state index in [9.17, 15) is 14.7 Å². The third-order valence-corrected chi connectivity index (χ3v) is 12.9. The number of aromatic hydroxyl groups is 1. The Balaban J connectivity index is 1.19. The number of hydrogen-bond donors (Lipinski definition) is 1. The van der Waals surface area contributed by atoms with E-state index in [1.807, 2.05) is 51.7 Å². The van der Waals surface area contributed by atoms with Crippen molar-refractivity contribution in [2.24, 2.45) is 11.8 Å². The third kappa shape index (κ3) is 6.06. The number of nitrogens with zero attached hydrogens (tertiary/aromatic N) is 4. The van der Waals surface area contributed by atoms with Gasteiger partial charge in [0, 0.05) is 73.5 Å². The highest BCUT2D eigenvalue weighted by Crippen LogP contribution is 2.68. The van der Waals surface area contributed by atoms with Gasteiger partial charge in [0.15, 0.2) is 22.8 Å². The first-order valence-corrected chi connectivity index (χ1v) is 20.3. The molecule has 2 saturated heterocycles. The van der Waals surface area contributed by atoms with E-state index >= 15 is 4.79 Å². The number of phenolic OH excluding ortho intramolecular Hbond substituents is 1. The van der Waals surface area contributed by atoms with E-state index in [1.54, 1.807) is 37.5 Å². The van der Waals surface area contributed by atoms with Gasteiger partial charge in [-0.1, -0.05) is 35.5 Å². The molecule has 11 nitrogen and oxygen atoms in total. The van der Waals surface area contributed by atoms with Gasteiger partial charge in [0.2, 0.25) is 11.9 Å². The van der Waals surface area contributed by atoms with Gasteiger partial charge < -0.3 is 29.1 Å². The maximum absolute atomic E-state index is 15.1. The van der Waals surface area contributed by atoms with Gasteiger partial charge >= 0.3 is 0 Å². The average Bonchev–Trinajstić information content (AvgIpc) is 3.33. The molecule has 3 aliphatic carbocycles. The summed E-state index contributed by atoms with van der Waals surface area (Å²) in [5.41, 5.74) is -0.331. The molecule has 4 bridgehead atoms. The summed E-state index contributed by atoms with van der Waals surface area (Å²) in [6.45, 7) is 18.1. The summed E-state index contributed by atoms with van der Waals surface area (Å²) < 4.78 is 21.2. The number of ketones is 2. The van der Waals surface area contributed by atoms with Gasteiger partial charge in [-0.2, -0.15) is 0 Å². The lowest BCUT2D eigenvalue weighted by Crippen LogP contribution is -2.72. The van der Waals surface area contributed by atoms with Crippen molar-refractivity contribution in [1.29, 1.82) is 0 Å². The second-order valence-corrected chi connectivity index (χ2v) is 17.8. The third-order valence-electron chi connectivity index (χ3n) is 12.9. The molecule has 1 aromatic carbocycles.